The van der Waals surface area contributed by atoms with Crippen LogP contribution in [0.25, 0.3) is 0 Å². The molecule has 14 nitrogen and oxygen atoms in total. The molecular weight excluding hydrogens is 530 g/mol. The highest BCUT2D eigenvalue weighted by Gasteiger charge is 2.54. The maximum Gasteiger partial charge on any atom is 0.352 e. The topological polar surface area (TPSA) is 201 Å². The second-order valence-electron chi connectivity index (χ2n) is 7.97. The summed E-state index contributed by atoms with van der Waals surface area (Å²) in [6, 6.07) is -0.827. The number of carbonyl (C=O) groups is 3. The van der Waals surface area contributed by atoms with E-state index in [1.165, 1.54) is 28.4 Å². The molecule has 36 heavy (non-hydrogen) atoms. The number of amidine groups is 1. The molecule has 5 N–H and O–H groups in total. The van der Waals surface area contributed by atoms with Gasteiger partial charge >= 0.3 is 5.97 Å². The highest BCUT2D eigenvalue weighted by atomic mass is 32.2. The Hall–Kier alpha value is -3.02. The zero-order chi connectivity index (χ0) is 25.2. The van der Waals surface area contributed by atoms with E-state index in [1.54, 1.807) is 5.41 Å². The van der Waals surface area contributed by atoms with Gasteiger partial charge in [-0.2, -0.15) is 5.21 Å². The van der Waals surface area contributed by atoms with Gasteiger partial charge in [0.1, 0.15) is 23.2 Å². The van der Waals surface area contributed by atoms with E-state index in [9.17, 15) is 19.5 Å². The number of thioether (sulfide) groups is 2. The highest BCUT2D eigenvalue weighted by Crippen LogP contribution is 2.41. The van der Waals surface area contributed by atoms with Gasteiger partial charge in [0.25, 0.3) is 5.91 Å². The number of carboxylic acids is 1. The van der Waals surface area contributed by atoms with Gasteiger partial charge < -0.3 is 16.2 Å². The van der Waals surface area contributed by atoms with Crippen molar-refractivity contribution >= 4 is 57.2 Å². The van der Waals surface area contributed by atoms with Crippen LogP contribution in [0.2, 0.25) is 0 Å². The van der Waals surface area contributed by atoms with Gasteiger partial charge in [-0.3, -0.25) is 14.5 Å². The lowest BCUT2D eigenvalue weighted by atomic mass is 10.0. The van der Waals surface area contributed by atoms with Crippen LogP contribution in [0.3, 0.4) is 0 Å². The van der Waals surface area contributed by atoms with Gasteiger partial charge in [-0.1, -0.05) is 28.4 Å². The number of carboxylic acid groups (broad SMARTS) is 1. The van der Waals surface area contributed by atoms with E-state index in [4.69, 9.17) is 10.6 Å². The number of hydrogen-bond acceptors (Lipinski definition) is 12. The molecule has 4 aliphatic rings. The van der Waals surface area contributed by atoms with Crippen molar-refractivity contribution in [2.75, 3.05) is 11.5 Å². The van der Waals surface area contributed by atoms with E-state index in [2.05, 4.69) is 35.5 Å². The molecule has 1 aromatic rings. The lowest BCUT2D eigenvalue weighted by molar-refractivity contribution is -0.150. The molecule has 0 bridgehead atoms. The Labute approximate surface area is 215 Å². The molecule has 17 heteroatoms. The van der Waals surface area contributed by atoms with Gasteiger partial charge in [-0.25, -0.2) is 14.6 Å². The summed E-state index contributed by atoms with van der Waals surface area (Å²) in [7, 11) is -0.869. The third-order valence-electron chi connectivity index (χ3n) is 5.55. The Morgan fingerprint density at radius 1 is 1.47 bits per heavy atom. The average molecular weight is 552 g/mol. The van der Waals surface area contributed by atoms with Crippen molar-refractivity contribution in [3.63, 3.8) is 0 Å². The number of aromatic nitrogens is 4. The van der Waals surface area contributed by atoms with Gasteiger partial charge in [0, 0.05) is 27.6 Å². The summed E-state index contributed by atoms with van der Waals surface area (Å²) in [6.45, 7) is 0. The Balaban J connectivity index is 1.19. The number of aliphatic carboxylic acids is 1. The predicted molar refractivity (Wildman–Crippen MR) is 132 cm³/mol. The quantitative estimate of drug-likeness (QED) is 0.140. The van der Waals surface area contributed by atoms with E-state index in [1.807, 2.05) is 12.2 Å². The normalized spacial score (nSPS) is 27.1. The summed E-state index contributed by atoms with van der Waals surface area (Å²) < 4.78 is 4.13. The van der Waals surface area contributed by atoms with Crippen LogP contribution in [0.5, 0.6) is 0 Å². The van der Waals surface area contributed by atoms with Crippen molar-refractivity contribution < 1.29 is 24.3 Å². The largest absolute Gasteiger partial charge is 0.477 e. The number of carbonyl (C=O) groups excluding carboxylic acids is 2. The van der Waals surface area contributed by atoms with Crippen LogP contribution in [0.4, 0.5) is 0 Å². The summed E-state index contributed by atoms with van der Waals surface area (Å²) in [5, 5.41) is 27.7. The number of nitrogens with two attached hydrogens (primary N) is 1. The molecule has 190 valence electrons. The number of fused-ring (bicyclic) bond motifs is 1. The first-order valence-corrected chi connectivity index (χ1v) is 14.1. The van der Waals surface area contributed by atoms with Crippen LogP contribution in [0.1, 0.15) is 19.3 Å². The first kappa shape index (κ1) is 24.7. The average Bonchev–Trinajstić information content (AvgIpc) is 3.62. The second kappa shape index (κ2) is 10.5. The van der Waals surface area contributed by atoms with E-state index in [0.717, 1.165) is 12.8 Å². The van der Waals surface area contributed by atoms with Crippen LogP contribution < -0.4 is 11.1 Å². The minimum atomic E-state index is -1.20. The number of rotatable bonds is 9. The van der Waals surface area contributed by atoms with E-state index >= 15 is 0 Å². The van der Waals surface area contributed by atoms with Gasteiger partial charge in [0.05, 0.1) is 12.1 Å². The minimum absolute atomic E-state index is 0.0659. The van der Waals surface area contributed by atoms with Crippen LogP contribution >= 0.6 is 23.5 Å². The fourth-order valence-corrected chi connectivity index (χ4v) is 7.16. The number of β-lactam (4-membered cyclic amide) rings is 1. The SMILES string of the molecule is NC1=NC(CC(=O)NC2C(=O)N3C(C(=O)O)=C(CSc4nn[nH]n4)CSC23)=C/S1=N\OC1C=CCC1. The van der Waals surface area contributed by atoms with Crippen molar-refractivity contribution in [3.8, 4) is 0 Å². The summed E-state index contributed by atoms with van der Waals surface area (Å²) in [4.78, 5) is 48.3. The van der Waals surface area contributed by atoms with Crippen molar-refractivity contribution in [2.24, 2.45) is 15.3 Å². The molecule has 0 radical (unpaired) electrons. The number of allylic oxidation sites excluding steroid dienone is 1. The van der Waals surface area contributed by atoms with Gasteiger partial charge in [0.15, 0.2) is 5.17 Å². The fourth-order valence-electron chi connectivity index (χ4n) is 3.89. The monoisotopic (exact) mass is 551 g/mol. The Kier molecular flexibility index (Phi) is 7.22. The minimum Gasteiger partial charge on any atom is -0.477 e. The first-order chi connectivity index (χ1) is 17.4. The van der Waals surface area contributed by atoms with Crippen LogP contribution in [-0.2, 0) is 29.9 Å². The van der Waals surface area contributed by atoms with Crippen LogP contribution in [-0.4, -0.2) is 82.6 Å². The molecular formula is C19H21N9O5S3. The molecule has 0 aromatic carbocycles. The van der Waals surface area contributed by atoms with Gasteiger partial charge in [-0.15, -0.1) is 22.0 Å². The summed E-state index contributed by atoms with van der Waals surface area (Å²) >= 11 is 2.61. The summed E-state index contributed by atoms with van der Waals surface area (Å²) in [5.74, 6) is -1.41. The highest BCUT2D eigenvalue weighted by molar-refractivity contribution is 8.05. The van der Waals surface area contributed by atoms with Gasteiger partial charge in [-0.05, 0) is 23.6 Å². The maximum atomic E-state index is 12.8. The lowest BCUT2D eigenvalue weighted by Gasteiger charge is -2.49. The number of hydrogen-bond donors (Lipinski definition) is 4. The number of tetrazole rings is 1. The summed E-state index contributed by atoms with van der Waals surface area (Å²) in [5.41, 5.74) is 6.88. The molecule has 3 aliphatic heterocycles. The Morgan fingerprint density at radius 2 is 2.33 bits per heavy atom. The number of amides is 2. The third-order valence-corrected chi connectivity index (χ3v) is 9.08. The smallest absolute Gasteiger partial charge is 0.352 e. The zero-order valence-corrected chi connectivity index (χ0v) is 21.0. The maximum absolute atomic E-state index is 12.8. The fraction of sp³-hybridized carbons (Fsp3) is 0.421. The standard InChI is InChI=1S/C19H21N9O5S3/c20-18-21-10(8-36(18)27-33-11-3-1-2-4-11)5-12(29)22-13-15(30)28-14(17(31)32)9(6-34-16(13)28)7-35-19-23-25-26-24-19/h1,3,8,11,13,16H,2,4-7H2,(H2,20,21)(H,22,29)(H,31,32)(H,23,24,25,26). The second-order valence-corrected chi connectivity index (χ2v) is 11.4. The van der Waals surface area contributed by atoms with Crippen LogP contribution in [0, 0.1) is 0 Å². The van der Waals surface area contributed by atoms with Gasteiger partial charge in [0.2, 0.25) is 11.1 Å². The zero-order valence-electron chi connectivity index (χ0n) is 18.6. The number of aromatic amines is 1. The van der Waals surface area contributed by atoms with Crippen molar-refractivity contribution in [2.45, 2.75) is 41.9 Å². The molecule has 0 saturated carbocycles. The number of nitrogens with zero attached hydrogens (tertiary/aromatic N) is 6. The molecule has 1 aliphatic carbocycles. The molecule has 0 spiro atoms. The molecule has 1 fully saturated rings. The predicted octanol–water partition coefficient (Wildman–Crippen LogP) is 0.0423. The molecule has 4 atom stereocenters. The van der Waals surface area contributed by atoms with Crippen LogP contribution in [0.15, 0.2) is 49.2 Å². The first-order valence-electron chi connectivity index (χ1n) is 10.8. The van der Waals surface area contributed by atoms with Crippen molar-refractivity contribution in [1.29, 1.82) is 0 Å². The molecule has 1 aromatic heterocycles. The van der Waals surface area contributed by atoms with Crippen molar-refractivity contribution in [1.82, 2.24) is 30.8 Å². The Bertz CT molecular complexity index is 1240. The molecule has 1 saturated heterocycles. The summed E-state index contributed by atoms with van der Waals surface area (Å²) in [6.07, 6.45) is 5.62. The third kappa shape index (κ3) is 5.09. The number of nitrogens with one attached hydrogen (secondary N) is 2. The number of aliphatic imine (C=N–C) groups is 1. The van der Waals surface area contributed by atoms with E-state index in [0.29, 0.717) is 27.9 Å². The Morgan fingerprint density at radius 3 is 3.06 bits per heavy atom. The van der Waals surface area contributed by atoms with E-state index in [-0.39, 0.29) is 23.4 Å². The molecule has 5 rings (SSSR count). The van der Waals surface area contributed by atoms with E-state index < -0.39 is 39.9 Å². The molecule has 4 unspecified atom stereocenters. The van der Waals surface area contributed by atoms with Crippen molar-refractivity contribution in [3.05, 3.63) is 34.5 Å². The molecule has 2 amide bonds. The molecule has 4 heterocycles. The number of H-pyrrole nitrogens is 1. The lowest BCUT2D eigenvalue weighted by Crippen LogP contribution is -2.70.